The van der Waals surface area contributed by atoms with Gasteiger partial charge in [-0.3, -0.25) is 9.59 Å². The molecular weight excluding hydrogens is 552 g/mol. The average molecular weight is 627 g/mol. The fraction of sp³-hybridized carbons (Fsp3) is 0.947. The van der Waals surface area contributed by atoms with Crippen molar-refractivity contribution in [2.24, 2.45) is 0 Å². The first-order chi connectivity index (χ1) is 21.2. The van der Waals surface area contributed by atoms with E-state index in [9.17, 15) is 9.59 Å². The standard InChI is InChI=1S/C38H74O4S/c1-3-5-7-9-11-13-15-17-19-21-23-25-27-29-31-33-37(39)41-35-36-43-42-38(40)34-32-30-28-26-24-22-20-18-16-14-12-10-8-6-4-2/h3-36H2,1-2H3. The maximum Gasteiger partial charge on any atom is 0.317 e. The highest BCUT2D eigenvalue weighted by Gasteiger charge is 2.06. The normalized spacial score (nSPS) is 11.2. The molecule has 256 valence electrons. The monoisotopic (exact) mass is 627 g/mol. The zero-order chi connectivity index (χ0) is 31.3. The summed E-state index contributed by atoms with van der Waals surface area (Å²) in [7, 11) is 0. The lowest BCUT2D eigenvalue weighted by Gasteiger charge is -2.06. The molecule has 0 aliphatic heterocycles. The molecule has 0 rings (SSSR count). The van der Waals surface area contributed by atoms with Crippen LogP contribution in [0.2, 0.25) is 0 Å². The van der Waals surface area contributed by atoms with Crippen molar-refractivity contribution in [3.8, 4) is 0 Å². The number of carbonyl (C=O) groups excluding carboxylic acids is 2. The molecule has 0 aliphatic rings. The first-order valence-electron chi connectivity index (χ1n) is 19.2. The Hall–Kier alpha value is -0.710. The average Bonchev–Trinajstić information content (AvgIpc) is 3.00. The molecule has 0 N–H and O–H groups in total. The third-order valence-corrected chi connectivity index (χ3v) is 9.19. The van der Waals surface area contributed by atoms with Crippen LogP contribution in [0.15, 0.2) is 0 Å². The van der Waals surface area contributed by atoms with Crippen LogP contribution in [0.1, 0.15) is 219 Å². The van der Waals surface area contributed by atoms with Crippen molar-refractivity contribution in [1.29, 1.82) is 0 Å². The van der Waals surface area contributed by atoms with E-state index < -0.39 is 0 Å². The molecule has 5 heteroatoms. The van der Waals surface area contributed by atoms with Crippen molar-refractivity contribution < 1.29 is 18.5 Å². The summed E-state index contributed by atoms with van der Waals surface area (Å²) in [5, 5.41) is 0. The van der Waals surface area contributed by atoms with Crippen LogP contribution in [-0.2, 0) is 18.5 Å². The van der Waals surface area contributed by atoms with E-state index in [1.807, 2.05) is 0 Å². The second-order valence-electron chi connectivity index (χ2n) is 12.9. The van der Waals surface area contributed by atoms with Gasteiger partial charge in [0, 0.05) is 12.8 Å². The largest absolute Gasteiger partial charge is 0.465 e. The van der Waals surface area contributed by atoms with E-state index in [-0.39, 0.29) is 11.9 Å². The van der Waals surface area contributed by atoms with Crippen molar-refractivity contribution in [1.82, 2.24) is 0 Å². The van der Waals surface area contributed by atoms with E-state index in [2.05, 4.69) is 13.8 Å². The minimum absolute atomic E-state index is 0.126. The summed E-state index contributed by atoms with van der Waals surface area (Å²) >= 11 is 1.11. The van der Waals surface area contributed by atoms with E-state index in [1.165, 1.54) is 167 Å². The molecule has 0 bridgehead atoms. The predicted molar refractivity (Wildman–Crippen MR) is 189 cm³/mol. The number of ether oxygens (including phenoxy) is 1. The van der Waals surface area contributed by atoms with Crippen LogP contribution in [-0.4, -0.2) is 24.3 Å². The van der Waals surface area contributed by atoms with Crippen LogP contribution >= 0.6 is 12.0 Å². The van der Waals surface area contributed by atoms with E-state index in [1.54, 1.807) is 0 Å². The van der Waals surface area contributed by atoms with Gasteiger partial charge < -0.3 is 8.92 Å². The topological polar surface area (TPSA) is 52.6 Å². The van der Waals surface area contributed by atoms with Gasteiger partial charge in [0.1, 0.15) is 6.61 Å². The highest BCUT2D eigenvalue weighted by molar-refractivity contribution is 7.95. The third kappa shape index (κ3) is 37.4. The molecule has 0 fully saturated rings. The number of unbranched alkanes of at least 4 members (excludes halogenated alkanes) is 28. The predicted octanol–water partition coefficient (Wildman–Crippen LogP) is 13.2. The van der Waals surface area contributed by atoms with Crippen molar-refractivity contribution >= 4 is 24.0 Å². The molecule has 0 radical (unpaired) electrons. The van der Waals surface area contributed by atoms with Gasteiger partial charge in [-0.1, -0.05) is 194 Å². The molecule has 0 saturated carbocycles. The minimum atomic E-state index is -0.149. The molecule has 0 unspecified atom stereocenters. The summed E-state index contributed by atoms with van der Waals surface area (Å²) < 4.78 is 10.5. The first-order valence-corrected chi connectivity index (χ1v) is 20.1. The molecule has 0 atom stereocenters. The summed E-state index contributed by atoms with van der Waals surface area (Å²) in [6, 6.07) is 0. The fourth-order valence-electron chi connectivity index (χ4n) is 5.69. The van der Waals surface area contributed by atoms with Gasteiger partial charge in [-0.15, -0.1) is 0 Å². The summed E-state index contributed by atoms with van der Waals surface area (Å²) in [6.45, 7) is 4.87. The SMILES string of the molecule is CCCCCCCCCCCCCCCCCC(=O)OCCSOC(=O)CCCCCCCCCCCCCCCCC. The maximum absolute atomic E-state index is 11.9. The van der Waals surface area contributed by atoms with Crippen molar-refractivity contribution in [2.75, 3.05) is 12.4 Å². The third-order valence-electron chi connectivity index (χ3n) is 8.55. The molecule has 0 aromatic carbocycles. The Labute approximate surface area is 273 Å². The van der Waals surface area contributed by atoms with Gasteiger partial charge in [0.25, 0.3) is 0 Å². The van der Waals surface area contributed by atoms with E-state index in [0.29, 0.717) is 25.2 Å². The molecule has 0 aromatic rings. The Morgan fingerprint density at radius 2 is 0.674 bits per heavy atom. The van der Waals surface area contributed by atoms with E-state index in [4.69, 9.17) is 8.92 Å². The van der Waals surface area contributed by atoms with Gasteiger partial charge in [0.05, 0.1) is 17.8 Å². The van der Waals surface area contributed by atoms with Crippen molar-refractivity contribution in [3.63, 3.8) is 0 Å². The lowest BCUT2D eigenvalue weighted by molar-refractivity contribution is -0.143. The molecule has 0 spiro atoms. The summed E-state index contributed by atoms with van der Waals surface area (Å²) in [6.07, 6.45) is 40.7. The molecule has 0 heterocycles. The Balaban J connectivity index is 3.25. The van der Waals surface area contributed by atoms with Crippen molar-refractivity contribution in [3.05, 3.63) is 0 Å². The fourth-order valence-corrected chi connectivity index (χ4v) is 6.14. The quantitative estimate of drug-likeness (QED) is 0.0393. The van der Waals surface area contributed by atoms with Gasteiger partial charge in [-0.25, -0.2) is 0 Å². The first kappa shape index (κ1) is 42.3. The summed E-state index contributed by atoms with van der Waals surface area (Å²) in [5.41, 5.74) is 0. The van der Waals surface area contributed by atoms with E-state index >= 15 is 0 Å². The zero-order valence-corrected chi connectivity index (χ0v) is 29.9. The molecule has 4 nitrogen and oxygen atoms in total. The minimum Gasteiger partial charge on any atom is -0.465 e. The molecule has 0 amide bonds. The number of rotatable bonds is 36. The van der Waals surface area contributed by atoms with E-state index in [0.717, 1.165) is 37.7 Å². The van der Waals surface area contributed by atoms with Crippen LogP contribution in [0.25, 0.3) is 0 Å². The summed E-state index contributed by atoms with van der Waals surface area (Å²) in [5.74, 6) is 0.234. The van der Waals surface area contributed by atoms with Crippen LogP contribution in [0, 0.1) is 0 Å². The molecular formula is C38H74O4S. The number of carbonyl (C=O) groups is 2. The molecule has 43 heavy (non-hydrogen) atoms. The molecule has 0 saturated heterocycles. The zero-order valence-electron chi connectivity index (χ0n) is 29.1. The van der Waals surface area contributed by atoms with Crippen LogP contribution in [0.3, 0.4) is 0 Å². The number of hydrogen-bond acceptors (Lipinski definition) is 5. The highest BCUT2D eigenvalue weighted by atomic mass is 32.2. The Morgan fingerprint density at radius 3 is 1.00 bits per heavy atom. The lowest BCUT2D eigenvalue weighted by atomic mass is 10.0. The van der Waals surface area contributed by atoms with Crippen molar-refractivity contribution in [2.45, 2.75) is 219 Å². The summed E-state index contributed by atoms with van der Waals surface area (Å²) in [4.78, 5) is 23.8. The Morgan fingerprint density at radius 1 is 0.395 bits per heavy atom. The molecule has 0 aromatic heterocycles. The maximum atomic E-state index is 11.9. The number of esters is 1. The number of hydrogen-bond donors (Lipinski definition) is 0. The Kier molecular flexibility index (Phi) is 36.9. The van der Waals surface area contributed by atoms with Gasteiger partial charge >= 0.3 is 11.9 Å². The smallest absolute Gasteiger partial charge is 0.317 e. The van der Waals surface area contributed by atoms with Gasteiger partial charge in [0.15, 0.2) is 0 Å². The second-order valence-corrected chi connectivity index (χ2v) is 13.7. The van der Waals surface area contributed by atoms with Gasteiger partial charge in [0.2, 0.25) is 0 Å². The van der Waals surface area contributed by atoms with Gasteiger partial charge in [-0.2, -0.15) is 0 Å². The van der Waals surface area contributed by atoms with Crippen LogP contribution in [0.5, 0.6) is 0 Å². The molecule has 0 aliphatic carbocycles. The van der Waals surface area contributed by atoms with Crippen LogP contribution in [0.4, 0.5) is 0 Å². The second kappa shape index (κ2) is 37.5. The lowest BCUT2D eigenvalue weighted by Crippen LogP contribution is -2.08. The van der Waals surface area contributed by atoms with Crippen LogP contribution < -0.4 is 0 Å². The van der Waals surface area contributed by atoms with Gasteiger partial charge in [-0.05, 0) is 12.8 Å². The Bertz CT molecular complexity index is 520. The highest BCUT2D eigenvalue weighted by Crippen LogP contribution is 2.16.